The zero-order valence-corrected chi connectivity index (χ0v) is 9.19. The first-order chi connectivity index (χ1) is 8.08. The smallest absolute Gasteiger partial charge is 0.141 e. The number of rotatable bonds is 2. The van der Waals surface area contributed by atoms with Gasteiger partial charge in [-0.3, -0.25) is 4.98 Å². The Labute approximate surface area is 97.6 Å². The molecule has 0 aliphatic carbocycles. The first-order valence-corrected chi connectivity index (χ1v) is 5.12. The summed E-state index contributed by atoms with van der Waals surface area (Å²) < 4.78 is 26.6. The normalized spacial score (nSPS) is 12.5. The molecule has 1 unspecified atom stereocenters. The van der Waals surface area contributed by atoms with E-state index in [2.05, 4.69) is 4.98 Å². The lowest BCUT2D eigenvalue weighted by Gasteiger charge is -2.12. The average molecular weight is 235 g/mol. The summed E-state index contributed by atoms with van der Waals surface area (Å²) in [7, 11) is 0. The Morgan fingerprint density at radius 3 is 2.59 bits per heavy atom. The third kappa shape index (κ3) is 2.47. The summed E-state index contributed by atoms with van der Waals surface area (Å²) in [6, 6.07) is 5.64. The highest BCUT2D eigenvalue weighted by molar-refractivity contribution is 5.31. The van der Waals surface area contributed by atoms with Crippen molar-refractivity contribution in [3.63, 3.8) is 0 Å². The zero-order chi connectivity index (χ0) is 12.4. The molecule has 2 rings (SSSR count). The molecular formula is C13H11F2NO. The molecule has 2 nitrogen and oxygen atoms in total. The van der Waals surface area contributed by atoms with E-state index in [1.54, 1.807) is 13.0 Å². The summed E-state index contributed by atoms with van der Waals surface area (Å²) in [6.07, 6.45) is 1.13. The summed E-state index contributed by atoms with van der Waals surface area (Å²) >= 11 is 0. The Hall–Kier alpha value is -1.81. The standard InChI is InChI=1S/C13H11F2NO/c1-8-2-3-11(12(15)4-8)13(17)9-5-10(14)7-16-6-9/h2-7,13,17H,1H3. The molecule has 17 heavy (non-hydrogen) atoms. The molecule has 1 aromatic carbocycles. The minimum absolute atomic E-state index is 0.114. The number of hydrogen-bond acceptors (Lipinski definition) is 2. The Morgan fingerprint density at radius 2 is 1.94 bits per heavy atom. The maximum Gasteiger partial charge on any atom is 0.141 e. The van der Waals surface area contributed by atoms with Gasteiger partial charge in [-0.2, -0.15) is 0 Å². The first kappa shape index (κ1) is 11.7. The summed E-state index contributed by atoms with van der Waals surface area (Å²) in [5, 5.41) is 9.94. The van der Waals surface area contributed by atoms with Crippen molar-refractivity contribution < 1.29 is 13.9 Å². The van der Waals surface area contributed by atoms with Gasteiger partial charge in [0.2, 0.25) is 0 Å². The van der Waals surface area contributed by atoms with Crippen LogP contribution in [0.25, 0.3) is 0 Å². The van der Waals surface area contributed by atoms with Crippen LogP contribution in [0.2, 0.25) is 0 Å². The van der Waals surface area contributed by atoms with Crippen molar-refractivity contribution in [3.8, 4) is 0 Å². The molecule has 0 saturated heterocycles. The topological polar surface area (TPSA) is 33.1 Å². The van der Waals surface area contributed by atoms with Crippen LogP contribution in [0.1, 0.15) is 22.8 Å². The van der Waals surface area contributed by atoms with Crippen LogP contribution >= 0.6 is 0 Å². The van der Waals surface area contributed by atoms with Gasteiger partial charge in [0.1, 0.15) is 17.7 Å². The highest BCUT2D eigenvalue weighted by Crippen LogP contribution is 2.24. The van der Waals surface area contributed by atoms with Crippen molar-refractivity contribution >= 4 is 0 Å². The summed E-state index contributed by atoms with van der Waals surface area (Å²) in [5.41, 5.74) is 1.10. The molecule has 0 aliphatic heterocycles. The molecule has 0 aliphatic rings. The Kier molecular flexibility index (Phi) is 3.15. The van der Waals surface area contributed by atoms with Gasteiger partial charge in [0.15, 0.2) is 0 Å². The van der Waals surface area contributed by atoms with E-state index in [0.29, 0.717) is 0 Å². The van der Waals surface area contributed by atoms with Crippen LogP contribution in [0.15, 0.2) is 36.7 Å². The number of benzene rings is 1. The fraction of sp³-hybridized carbons (Fsp3) is 0.154. The first-order valence-electron chi connectivity index (χ1n) is 5.12. The van der Waals surface area contributed by atoms with E-state index >= 15 is 0 Å². The lowest BCUT2D eigenvalue weighted by atomic mass is 10.0. The van der Waals surface area contributed by atoms with E-state index in [1.165, 1.54) is 18.3 Å². The maximum absolute atomic E-state index is 13.6. The second-order valence-electron chi connectivity index (χ2n) is 3.86. The van der Waals surface area contributed by atoms with Gasteiger partial charge in [0.25, 0.3) is 0 Å². The number of aliphatic hydroxyl groups excluding tert-OH is 1. The molecule has 0 radical (unpaired) electrons. The van der Waals surface area contributed by atoms with Crippen LogP contribution in [0.5, 0.6) is 0 Å². The van der Waals surface area contributed by atoms with Gasteiger partial charge in [-0.1, -0.05) is 12.1 Å². The van der Waals surface area contributed by atoms with Crippen LogP contribution in [0.3, 0.4) is 0 Å². The highest BCUT2D eigenvalue weighted by Gasteiger charge is 2.15. The molecular weight excluding hydrogens is 224 g/mol. The van der Waals surface area contributed by atoms with E-state index in [9.17, 15) is 13.9 Å². The predicted octanol–water partition coefficient (Wildman–Crippen LogP) is 2.75. The SMILES string of the molecule is Cc1ccc(C(O)c2cncc(F)c2)c(F)c1. The molecule has 0 spiro atoms. The molecule has 1 heterocycles. The van der Waals surface area contributed by atoms with Crippen LogP contribution in [-0.2, 0) is 0 Å². The largest absolute Gasteiger partial charge is 0.383 e. The third-order valence-corrected chi connectivity index (χ3v) is 2.49. The molecule has 1 atom stereocenters. The van der Waals surface area contributed by atoms with Crippen molar-refractivity contribution in [2.75, 3.05) is 0 Å². The fourth-order valence-corrected chi connectivity index (χ4v) is 1.61. The van der Waals surface area contributed by atoms with E-state index < -0.39 is 17.7 Å². The quantitative estimate of drug-likeness (QED) is 0.868. The number of aromatic nitrogens is 1. The maximum atomic E-state index is 13.6. The Balaban J connectivity index is 2.40. The molecule has 2 aromatic rings. The summed E-state index contributed by atoms with van der Waals surface area (Å²) in [4.78, 5) is 3.62. The molecule has 0 saturated carbocycles. The molecule has 4 heteroatoms. The minimum Gasteiger partial charge on any atom is -0.383 e. The molecule has 1 N–H and O–H groups in total. The van der Waals surface area contributed by atoms with Crippen LogP contribution < -0.4 is 0 Å². The van der Waals surface area contributed by atoms with Crippen LogP contribution in [0.4, 0.5) is 8.78 Å². The molecule has 1 aromatic heterocycles. The summed E-state index contributed by atoms with van der Waals surface area (Å²) in [6.45, 7) is 1.75. The lowest BCUT2D eigenvalue weighted by molar-refractivity contribution is 0.214. The van der Waals surface area contributed by atoms with Crippen molar-refractivity contribution in [3.05, 3.63) is 65.0 Å². The van der Waals surface area contributed by atoms with Crippen LogP contribution in [0, 0.1) is 18.6 Å². The fourth-order valence-electron chi connectivity index (χ4n) is 1.61. The number of pyridine rings is 1. The minimum atomic E-state index is -1.21. The van der Waals surface area contributed by atoms with E-state index in [4.69, 9.17) is 0 Å². The van der Waals surface area contributed by atoms with Gasteiger partial charge in [-0.25, -0.2) is 8.78 Å². The van der Waals surface area contributed by atoms with Crippen molar-refractivity contribution in [1.29, 1.82) is 0 Å². The number of nitrogens with zero attached hydrogens (tertiary/aromatic N) is 1. The Bertz CT molecular complexity index is 543. The van der Waals surface area contributed by atoms with Crippen LogP contribution in [-0.4, -0.2) is 10.1 Å². The van der Waals surface area contributed by atoms with E-state index in [1.807, 2.05) is 0 Å². The van der Waals surface area contributed by atoms with Crippen molar-refractivity contribution in [2.45, 2.75) is 13.0 Å². The predicted molar refractivity (Wildman–Crippen MR) is 59.4 cm³/mol. The highest BCUT2D eigenvalue weighted by atomic mass is 19.1. The average Bonchev–Trinajstić information content (AvgIpc) is 2.28. The molecule has 0 fully saturated rings. The van der Waals surface area contributed by atoms with Crippen molar-refractivity contribution in [1.82, 2.24) is 4.98 Å². The number of hydrogen-bond donors (Lipinski definition) is 1. The van der Waals surface area contributed by atoms with Crippen molar-refractivity contribution in [2.24, 2.45) is 0 Å². The monoisotopic (exact) mass is 235 g/mol. The van der Waals surface area contributed by atoms with E-state index in [-0.39, 0.29) is 11.1 Å². The van der Waals surface area contributed by atoms with Gasteiger partial charge in [0.05, 0.1) is 6.20 Å². The number of halogens is 2. The zero-order valence-electron chi connectivity index (χ0n) is 9.19. The molecule has 0 amide bonds. The number of aliphatic hydroxyl groups is 1. The third-order valence-electron chi connectivity index (χ3n) is 2.49. The van der Waals surface area contributed by atoms with E-state index in [0.717, 1.165) is 17.8 Å². The summed E-state index contributed by atoms with van der Waals surface area (Å²) in [5.74, 6) is -1.07. The second kappa shape index (κ2) is 4.59. The van der Waals surface area contributed by atoms with Gasteiger partial charge in [-0.05, 0) is 24.6 Å². The van der Waals surface area contributed by atoms with Gasteiger partial charge >= 0.3 is 0 Å². The van der Waals surface area contributed by atoms with Gasteiger partial charge < -0.3 is 5.11 Å². The number of aryl methyl sites for hydroxylation is 1. The second-order valence-corrected chi connectivity index (χ2v) is 3.86. The van der Waals surface area contributed by atoms with Gasteiger partial charge in [0, 0.05) is 17.3 Å². The van der Waals surface area contributed by atoms with Gasteiger partial charge in [-0.15, -0.1) is 0 Å². The molecule has 88 valence electrons. The Morgan fingerprint density at radius 1 is 1.18 bits per heavy atom. The lowest BCUT2D eigenvalue weighted by Crippen LogP contribution is -2.03. The molecule has 0 bridgehead atoms.